The second kappa shape index (κ2) is 6.44. The molecule has 0 fully saturated rings. The molecule has 0 spiro atoms. The van der Waals surface area contributed by atoms with Crippen molar-refractivity contribution in [3.63, 3.8) is 0 Å². The predicted molar refractivity (Wildman–Crippen MR) is 101 cm³/mol. The fourth-order valence-electron chi connectivity index (χ4n) is 3.41. The summed E-state index contributed by atoms with van der Waals surface area (Å²) < 4.78 is 0. The fourth-order valence-corrected chi connectivity index (χ4v) is 4.28. The van der Waals surface area contributed by atoms with Crippen LogP contribution in [0.5, 0.6) is 0 Å². The lowest BCUT2D eigenvalue weighted by atomic mass is 10.1. The van der Waals surface area contributed by atoms with Gasteiger partial charge in [-0.3, -0.25) is 4.79 Å². The first-order valence-corrected chi connectivity index (χ1v) is 9.30. The number of pyridine rings is 1. The van der Waals surface area contributed by atoms with Crippen molar-refractivity contribution in [2.24, 2.45) is 0 Å². The largest absolute Gasteiger partial charge is 0.372 e. The van der Waals surface area contributed by atoms with E-state index in [0.29, 0.717) is 11.6 Å². The van der Waals surface area contributed by atoms with Crippen molar-refractivity contribution < 1.29 is 4.79 Å². The van der Waals surface area contributed by atoms with Crippen LogP contribution < -0.4 is 4.90 Å². The molecule has 128 valence electrons. The zero-order valence-electron chi connectivity index (χ0n) is 14.3. The Morgan fingerprint density at radius 1 is 1.28 bits per heavy atom. The third-order valence-electron chi connectivity index (χ3n) is 4.75. The minimum absolute atomic E-state index is 0.0000435. The third kappa shape index (κ3) is 2.87. The lowest BCUT2D eigenvalue weighted by Gasteiger charge is -2.30. The summed E-state index contributed by atoms with van der Waals surface area (Å²) in [7, 11) is 2.09. The molecule has 5 nitrogen and oxygen atoms in total. The van der Waals surface area contributed by atoms with Crippen LogP contribution in [-0.2, 0) is 6.54 Å². The molecule has 0 saturated heterocycles. The fraction of sp³-hybridized carbons (Fsp3) is 0.316. The van der Waals surface area contributed by atoms with Gasteiger partial charge < -0.3 is 9.80 Å². The molecule has 1 aromatic carbocycles. The maximum atomic E-state index is 13.2. The van der Waals surface area contributed by atoms with E-state index in [4.69, 9.17) is 0 Å². The SMILES string of the molecule is CCC1CN(C)c2ccccc2CN1C(=O)c1nc2cccnc2s1. The number of hydrogen-bond acceptors (Lipinski definition) is 5. The predicted octanol–water partition coefficient (Wildman–Crippen LogP) is 3.56. The first-order valence-electron chi connectivity index (χ1n) is 8.49. The van der Waals surface area contributed by atoms with Crippen LogP contribution in [0.3, 0.4) is 0 Å². The molecule has 6 heteroatoms. The van der Waals surface area contributed by atoms with Crippen LogP contribution in [0.25, 0.3) is 10.3 Å². The molecule has 25 heavy (non-hydrogen) atoms. The lowest BCUT2D eigenvalue weighted by Crippen LogP contribution is -2.43. The molecule has 0 radical (unpaired) electrons. The Morgan fingerprint density at radius 2 is 2.12 bits per heavy atom. The van der Waals surface area contributed by atoms with Gasteiger partial charge in [-0.15, -0.1) is 0 Å². The van der Waals surface area contributed by atoms with Crippen molar-refractivity contribution in [1.82, 2.24) is 14.9 Å². The Balaban J connectivity index is 1.72. The van der Waals surface area contributed by atoms with Gasteiger partial charge in [-0.2, -0.15) is 0 Å². The number of para-hydroxylation sites is 1. The van der Waals surface area contributed by atoms with Gasteiger partial charge in [0.1, 0.15) is 10.3 Å². The highest BCUT2D eigenvalue weighted by Crippen LogP contribution is 2.29. The second-order valence-electron chi connectivity index (χ2n) is 6.35. The van der Waals surface area contributed by atoms with Gasteiger partial charge in [-0.25, -0.2) is 9.97 Å². The van der Waals surface area contributed by atoms with Gasteiger partial charge in [0.15, 0.2) is 5.01 Å². The van der Waals surface area contributed by atoms with E-state index in [-0.39, 0.29) is 11.9 Å². The van der Waals surface area contributed by atoms with E-state index in [0.717, 1.165) is 23.3 Å². The van der Waals surface area contributed by atoms with E-state index < -0.39 is 0 Å². The number of carbonyl (C=O) groups excluding carboxylic acids is 1. The third-order valence-corrected chi connectivity index (χ3v) is 5.72. The van der Waals surface area contributed by atoms with Gasteiger partial charge in [0.2, 0.25) is 0 Å². The van der Waals surface area contributed by atoms with Gasteiger partial charge in [0.25, 0.3) is 5.91 Å². The van der Waals surface area contributed by atoms with Crippen molar-refractivity contribution in [2.45, 2.75) is 25.9 Å². The van der Waals surface area contributed by atoms with E-state index in [1.54, 1.807) is 6.20 Å². The Kier molecular flexibility index (Phi) is 4.13. The van der Waals surface area contributed by atoms with Crippen LogP contribution in [0.4, 0.5) is 5.69 Å². The quantitative estimate of drug-likeness (QED) is 0.707. The number of rotatable bonds is 2. The molecule has 3 heterocycles. The average Bonchev–Trinajstić information content (AvgIpc) is 3.02. The molecule has 4 rings (SSSR count). The summed E-state index contributed by atoms with van der Waals surface area (Å²) in [5.74, 6) is -0.0000435. The van der Waals surface area contributed by atoms with E-state index in [2.05, 4.69) is 41.0 Å². The summed E-state index contributed by atoms with van der Waals surface area (Å²) >= 11 is 1.37. The second-order valence-corrected chi connectivity index (χ2v) is 7.33. The summed E-state index contributed by atoms with van der Waals surface area (Å²) in [6.07, 6.45) is 2.65. The number of likely N-dealkylation sites (N-methyl/N-ethyl adjacent to an activating group) is 1. The number of hydrogen-bond donors (Lipinski definition) is 0. The zero-order valence-corrected chi connectivity index (χ0v) is 15.2. The molecule has 1 aliphatic heterocycles. The number of nitrogens with zero attached hydrogens (tertiary/aromatic N) is 4. The first-order chi connectivity index (χ1) is 12.2. The van der Waals surface area contributed by atoms with Gasteiger partial charge in [-0.1, -0.05) is 36.5 Å². The van der Waals surface area contributed by atoms with Crippen LogP contribution in [0.1, 0.15) is 28.7 Å². The zero-order chi connectivity index (χ0) is 17.4. The number of amides is 1. The minimum Gasteiger partial charge on any atom is -0.372 e. The Bertz CT molecular complexity index is 889. The van der Waals surface area contributed by atoms with E-state index >= 15 is 0 Å². The van der Waals surface area contributed by atoms with Gasteiger partial charge >= 0.3 is 0 Å². The van der Waals surface area contributed by atoms with E-state index in [1.807, 2.05) is 29.2 Å². The molecule has 0 N–H and O–H groups in total. The number of carbonyl (C=O) groups is 1. The molecule has 2 aromatic heterocycles. The average molecular weight is 352 g/mol. The first kappa shape index (κ1) is 16.0. The maximum Gasteiger partial charge on any atom is 0.283 e. The Labute approximate surface area is 150 Å². The van der Waals surface area contributed by atoms with Crippen molar-refractivity contribution in [1.29, 1.82) is 0 Å². The Morgan fingerprint density at radius 3 is 2.92 bits per heavy atom. The highest BCUT2D eigenvalue weighted by Gasteiger charge is 2.30. The van der Waals surface area contributed by atoms with E-state index in [1.165, 1.54) is 22.6 Å². The van der Waals surface area contributed by atoms with Gasteiger partial charge in [-0.05, 0) is 30.2 Å². The molecule has 1 amide bonds. The van der Waals surface area contributed by atoms with Crippen LogP contribution >= 0.6 is 11.3 Å². The number of benzene rings is 1. The highest BCUT2D eigenvalue weighted by molar-refractivity contribution is 7.19. The van der Waals surface area contributed by atoms with Crippen molar-refractivity contribution in [3.05, 3.63) is 53.2 Å². The van der Waals surface area contributed by atoms with Crippen LogP contribution in [-0.4, -0.2) is 40.4 Å². The smallest absolute Gasteiger partial charge is 0.283 e. The number of aromatic nitrogens is 2. The van der Waals surface area contributed by atoms with Gasteiger partial charge in [0.05, 0.1) is 0 Å². The van der Waals surface area contributed by atoms with Crippen LogP contribution in [0, 0.1) is 0 Å². The highest BCUT2D eigenvalue weighted by atomic mass is 32.1. The van der Waals surface area contributed by atoms with E-state index in [9.17, 15) is 4.79 Å². The summed E-state index contributed by atoms with van der Waals surface area (Å²) in [5.41, 5.74) is 3.16. The normalized spacial score (nSPS) is 17.4. The standard InChI is InChI=1S/C19H20N4OS/c1-3-14-12-22(2)16-9-5-4-7-13(16)11-23(14)19(24)18-21-15-8-6-10-20-17(15)25-18/h4-10,14H,3,11-12H2,1-2H3. The molecule has 1 atom stereocenters. The van der Waals surface area contributed by atoms with Crippen LogP contribution in [0.15, 0.2) is 42.6 Å². The molecule has 1 aliphatic rings. The molecule has 3 aromatic rings. The summed E-state index contributed by atoms with van der Waals surface area (Å²) in [4.78, 5) is 27.1. The Hall–Kier alpha value is -2.47. The molecular formula is C19H20N4OS. The molecule has 1 unspecified atom stereocenters. The molecule has 0 aliphatic carbocycles. The summed E-state index contributed by atoms with van der Waals surface area (Å²) in [5, 5.41) is 0.522. The number of thiazole rings is 1. The van der Waals surface area contributed by atoms with Crippen LogP contribution in [0.2, 0.25) is 0 Å². The molecule has 0 saturated carbocycles. The molecule has 0 bridgehead atoms. The summed E-state index contributed by atoms with van der Waals surface area (Å²) in [6.45, 7) is 3.57. The molecular weight excluding hydrogens is 332 g/mol. The topological polar surface area (TPSA) is 49.3 Å². The lowest BCUT2D eigenvalue weighted by molar-refractivity contribution is 0.0667. The number of fused-ring (bicyclic) bond motifs is 2. The summed E-state index contributed by atoms with van der Waals surface area (Å²) in [6, 6.07) is 12.2. The number of anilines is 1. The maximum absolute atomic E-state index is 13.2. The van der Waals surface area contributed by atoms with Crippen molar-refractivity contribution in [3.8, 4) is 0 Å². The van der Waals surface area contributed by atoms with Crippen molar-refractivity contribution in [2.75, 3.05) is 18.5 Å². The minimum atomic E-state index is -0.0000435. The van der Waals surface area contributed by atoms with Crippen molar-refractivity contribution >= 4 is 33.3 Å². The monoisotopic (exact) mass is 352 g/mol. The van der Waals surface area contributed by atoms with Gasteiger partial charge in [0, 0.05) is 38.1 Å².